The Morgan fingerprint density at radius 2 is 1.88 bits per heavy atom. The third-order valence-corrected chi connectivity index (χ3v) is 6.00. The van der Waals surface area contributed by atoms with Crippen molar-refractivity contribution in [2.75, 3.05) is 21.3 Å². The van der Waals surface area contributed by atoms with E-state index in [4.69, 9.17) is 14.2 Å². The fourth-order valence-electron chi connectivity index (χ4n) is 4.88. The molecule has 0 bridgehead atoms. The summed E-state index contributed by atoms with van der Waals surface area (Å²) >= 11 is 0. The molecule has 2 aliphatic rings. The van der Waals surface area contributed by atoms with E-state index in [1.807, 2.05) is 6.92 Å². The minimum absolute atomic E-state index is 0.0129. The predicted molar refractivity (Wildman–Crippen MR) is 90.0 cm³/mol. The van der Waals surface area contributed by atoms with Crippen LogP contribution in [0.15, 0.2) is 11.6 Å². The molecule has 1 fully saturated rings. The van der Waals surface area contributed by atoms with Gasteiger partial charge in [0.2, 0.25) is 0 Å². The first-order valence-electron chi connectivity index (χ1n) is 8.62. The molecule has 5 nitrogen and oxygen atoms in total. The first kappa shape index (κ1) is 19.0. The lowest BCUT2D eigenvalue weighted by Crippen LogP contribution is -2.51. The topological polar surface area (TPSA) is 68.6 Å². The second-order valence-electron chi connectivity index (χ2n) is 7.42. The molecule has 0 amide bonds. The van der Waals surface area contributed by atoms with Crippen molar-refractivity contribution in [2.45, 2.75) is 45.8 Å². The zero-order chi connectivity index (χ0) is 18.1. The summed E-state index contributed by atoms with van der Waals surface area (Å²) in [7, 11) is 4.76. The summed E-state index contributed by atoms with van der Waals surface area (Å²) in [6.07, 6.45) is 3.27. The third kappa shape index (κ3) is 2.98. The van der Waals surface area contributed by atoms with Crippen molar-refractivity contribution in [2.24, 2.45) is 29.1 Å². The van der Waals surface area contributed by atoms with E-state index in [2.05, 4.69) is 26.0 Å². The van der Waals surface area contributed by atoms with Crippen molar-refractivity contribution in [1.29, 1.82) is 5.26 Å². The summed E-state index contributed by atoms with van der Waals surface area (Å²) in [5.41, 5.74) is 0.456. The highest BCUT2D eigenvalue weighted by Gasteiger charge is 2.54. The third-order valence-electron chi connectivity index (χ3n) is 6.00. The highest BCUT2D eigenvalue weighted by atomic mass is 16.5. The molecule has 7 atom stereocenters. The van der Waals surface area contributed by atoms with E-state index in [0.29, 0.717) is 0 Å². The summed E-state index contributed by atoms with van der Waals surface area (Å²) in [5, 5.41) is 9.99. The van der Waals surface area contributed by atoms with E-state index < -0.39 is 5.41 Å². The van der Waals surface area contributed by atoms with Crippen LogP contribution < -0.4 is 0 Å². The van der Waals surface area contributed by atoms with E-state index in [1.54, 1.807) is 14.2 Å². The molecule has 2 aliphatic carbocycles. The quantitative estimate of drug-likeness (QED) is 0.583. The Kier molecular flexibility index (Phi) is 5.72. The van der Waals surface area contributed by atoms with Crippen molar-refractivity contribution >= 4 is 5.97 Å². The van der Waals surface area contributed by atoms with Crippen LogP contribution in [0.2, 0.25) is 0 Å². The largest absolute Gasteiger partial charge is 0.469 e. The smallest absolute Gasteiger partial charge is 0.308 e. The van der Waals surface area contributed by atoms with E-state index >= 15 is 0 Å². The molecule has 0 aromatic rings. The Morgan fingerprint density at radius 1 is 1.25 bits per heavy atom. The van der Waals surface area contributed by atoms with Crippen LogP contribution in [0.4, 0.5) is 0 Å². The van der Waals surface area contributed by atoms with Gasteiger partial charge in [0, 0.05) is 20.1 Å². The van der Waals surface area contributed by atoms with E-state index in [1.165, 1.54) is 7.11 Å². The van der Waals surface area contributed by atoms with Gasteiger partial charge >= 0.3 is 5.97 Å². The van der Waals surface area contributed by atoms with Gasteiger partial charge in [-0.05, 0) is 30.3 Å². The van der Waals surface area contributed by atoms with Gasteiger partial charge in [-0.3, -0.25) is 4.79 Å². The SMILES string of the molecule is COC(=O)[C@@H](C)[C@@H]1[C@@H](C)C[C@]2(C#N)C[C@@H](C)[C@H](OC)C=C2[C@@H]1OC. The maximum Gasteiger partial charge on any atom is 0.308 e. The average molecular weight is 335 g/mol. The Hall–Kier alpha value is -1.38. The Morgan fingerprint density at radius 3 is 2.38 bits per heavy atom. The summed E-state index contributed by atoms with van der Waals surface area (Å²) in [6.45, 7) is 6.12. The molecule has 0 saturated heterocycles. The number of carbonyl (C=O) groups excluding carboxylic acids is 1. The molecule has 0 aliphatic heterocycles. The van der Waals surface area contributed by atoms with Gasteiger partial charge in [-0.1, -0.05) is 26.8 Å². The molecule has 0 spiro atoms. The lowest BCUT2D eigenvalue weighted by molar-refractivity contribution is -0.151. The number of nitriles is 1. The van der Waals surface area contributed by atoms with Crippen LogP contribution in [-0.4, -0.2) is 39.5 Å². The molecule has 0 unspecified atom stereocenters. The molecule has 0 radical (unpaired) electrons. The van der Waals surface area contributed by atoms with E-state index in [0.717, 1.165) is 18.4 Å². The zero-order valence-corrected chi connectivity index (χ0v) is 15.5. The zero-order valence-electron chi connectivity index (χ0n) is 15.5. The van der Waals surface area contributed by atoms with Crippen molar-refractivity contribution < 1.29 is 19.0 Å². The van der Waals surface area contributed by atoms with Gasteiger partial charge in [-0.25, -0.2) is 0 Å². The Labute approximate surface area is 145 Å². The van der Waals surface area contributed by atoms with Gasteiger partial charge in [-0.15, -0.1) is 0 Å². The first-order chi connectivity index (χ1) is 11.3. The van der Waals surface area contributed by atoms with Crippen LogP contribution in [0, 0.1) is 40.4 Å². The van der Waals surface area contributed by atoms with Gasteiger partial charge < -0.3 is 14.2 Å². The number of methoxy groups -OCH3 is 3. The highest BCUT2D eigenvalue weighted by Crippen LogP contribution is 2.54. The summed E-state index contributed by atoms with van der Waals surface area (Å²) < 4.78 is 16.4. The van der Waals surface area contributed by atoms with Crippen LogP contribution in [0.5, 0.6) is 0 Å². The summed E-state index contributed by atoms with van der Waals surface area (Å²) in [6, 6.07) is 2.57. The van der Waals surface area contributed by atoms with Crippen LogP contribution in [0.3, 0.4) is 0 Å². The molecule has 0 aromatic carbocycles. The minimum atomic E-state index is -0.527. The molecule has 0 aromatic heterocycles. The van der Waals surface area contributed by atoms with Crippen LogP contribution >= 0.6 is 0 Å². The molecule has 24 heavy (non-hydrogen) atoms. The lowest BCUT2D eigenvalue weighted by atomic mass is 9.55. The van der Waals surface area contributed by atoms with Crippen LogP contribution in [0.1, 0.15) is 33.6 Å². The average Bonchev–Trinajstić information content (AvgIpc) is 2.58. The monoisotopic (exact) mass is 335 g/mol. The highest BCUT2D eigenvalue weighted by molar-refractivity contribution is 5.72. The molecule has 134 valence electrons. The number of nitrogens with zero attached hydrogens (tertiary/aromatic N) is 1. The lowest BCUT2D eigenvalue weighted by Gasteiger charge is -2.51. The standard InChI is InChI=1S/C19H29NO4/c1-11-8-19(10-20)9-12(2)16(13(3)18(21)24-6)17(23-5)14(19)7-15(11)22-4/h7,11-13,15-17H,8-9H2,1-6H3/t11-,12+,13+,15-,16+,17+,19+/m1/s1. The fraction of sp³-hybridized carbons (Fsp3) is 0.789. The normalized spacial score (nSPS) is 40.0. The van der Waals surface area contributed by atoms with Crippen LogP contribution in [0.25, 0.3) is 0 Å². The summed E-state index contributed by atoms with van der Waals surface area (Å²) in [4.78, 5) is 12.1. The molecular weight excluding hydrogens is 306 g/mol. The Bertz CT molecular complexity index is 552. The maximum atomic E-state index is 12.1. The number of hydrogen-bond acceptors (Lipinski definition) is 5. The van der Waals surface area contributed by atoms with Gasteiger partial charge in [0.05, 0.1) is 36.7 Å². The van der Waals surface area contributed by atoms with Crippen molar-refractivity contribution in [3.8, 4) is 6.07 Å². The minimum Gasteiger partial charge on any atom is -0.469 e. The second kappa shape index (κ2) is 7.25. The number of rotatable bonds is 4. The van der Waals surface area contributed by atoms with Crippen molar-refractivity contribution in [3.05, 3.63) is 11.6 Å². The van der Waals surface area contributed by atoms with Gasteiger partial charge in [0.1, 0.15) is 0 Å². The van der Waals surface area contributed by atoms with E-state index in [-0.39, 0.29) is 41.8 Å². The molecule has 5 heteroatoms. The molecule has 2 rings (SSSR count). The molecular formula is C19H29NO4. The van der Waals surface area contributed by atoms with E-state index in [9.17, 15) is 10.1 Å². The number of fused-ring (bicyclic) bond motifs is 1. The van der Waals surface area contributed by atoms with Gasteiger partial charge in [0.25, 0.3) is 0 Å². The fourth-order valence-corrected chi connectivity index (χ4v) is 4.88. The molecule has 0 N–H and O–H groups in total. The predicted octanol–water partition coefficient (Wildman–Crippen LogP) is 2.96. The number of ether oxygens (including phenoxy) is 3. The first-order valence-corrected chi connectivity index (χ1v) is 8.62. The number of carbonyl (C=O) groups is 1. The summed E-state index contributed by atoms with van der Waals surface area (Å²) in [5.74, 6) is -0.0646. The van der Waals surface area contributed by atoms with Crippen LogP contribution in [-0.2, 0) is 19.0 Å². The Balaban J connectivity index is 2.49. The van der Waals surface area contributed by atoms with Gasteiger partial charge in [0.15, 0.2) is 0 Å². The molecule has 0 heterocycles. The number of esters is 1. The molecule has 1 saturated carbocycles. The van der Waals surface area contributed by atoms with Crippen molar-refractivity contribution in [1.82, 2.24) is 0 Å². The van der Waals surface area contributed by atoms with Gasteiger partial charge in [-0.2, -0.15) is 5.26 Å². The maximum absolute atomic E-state index is 12.1. The number of hydrogen-bond donors (Lipinski definition) is 0. The second-order valence-corrected chi connectivity index (χ2v) is 7.42. The van der Waals surface area contributed by atoms with Crippen molar-refractivity contribution in [3.63, 3.8) is 0 Å².